The zero-order chi connectivity index (χ0) is 12.7. The van der Waals surface area contributed by atoms with E-state index in [9.17, 15) is 4.79 Å². The molecule has 0 saturated carbocycles. The van der Waals surface area contributed by atoms with Crippen LogP contribution in [0.15, 0.2) is 0 Å². The molecule has 0 rings (SSSR count). The molecule has 1 amide bonds. The van der Waals surface area contributed by atoms with E-state index in [1.54, 1.807) is 6.92 Å². The molecule has 94 valence electrons. The molecule has 0 radical (unpaired) electrons. The molecule has 4 nitrogen and oxygen atoms in total. The fourth-order valence-electron chi connectivity index (χ4n) is 1.17. The number of amides is 1. The Morgan fingerprint density at radius 2 is 2.06 bits per heavy atom. The smallest absolute Gasteiger partial charge is 0.229 e. The van der Waals surface area contributed by atoms with Crippen LogP contribution in [-0.2, 0) is 4.79 Å². The van der Waals surface area contributed by atoms with Crippen LogP contribution in [0.25, 0.3) is 0 Å². The molecule has 5 heteroatoms. The van der Waals surface area contributed by atoms with E-state index in [0.29, 0.717) is 12.6 Å². The average Bonchev–Trinajstić information content (AvgIpc) is 2.26. The molecule has 0 aliphatic rings. The maximum atomic E-state index is 11.5. The van der Waals surface area contributed by atoms with Gasteiger partial charge in [0, 0.05) is 19.1 Å². The van der Waals surface area contributed by atoms with Gasteiger partial charge in [0.1, 0.15) is 0 Å². The highest BCUT2D eigenvalue weighted by Gasteiger charge is 2.15. The SMILES string of the molecule is CCC(C)N(C)CCNC(=O)C(C)C(N)=S. The molecule has 0 aliphatic heterocycles. The van der Waals surface area contributed by atoms with Gasteiger partial charge < -0.3 is 16.0 Å². The topological polar surface area (TPSA) is 58.4 Å². The second-order valence-corrected chi connectivity index (χ2v) is 4.62. The lowest BCUT2D eigenvalue weighted by molar-refractivity contribution is -0.122. The first kappa shape index (κ1) is 15.3. The Bertz CT molecular complexity index is 245. The van der Waals surface area contributed by atoms with Gasteiger partial charge in [0.25, 0.3) is 0 Å². The minimum absolute atomic E-state index is 0.0925. The van der Waals surface area contributed by atoms with Crippen molar-refractivity contribution in [1.82, 2.24) is 10.2 Å². The van der Waals surface area contributed by atoms with E-state index in [2.05, 4.69) is 31.1 Å². The van der Waals surface area contributed by atoms with Crippen molar-refractivity contribution in [2.24, 2.45) is 11.7 Å². The quantitative estimate of drug-likeness (QED) is 0.650. The summed E-state index contributed by atoms with van der Waals surface area (Å²) >= 11 is 4.76. The van der Waals surface area contributed by atoms with Crippen molar-refractivity contribution in [3.63, 3.8) is 0 Å². The van der Waals surface area contributed by atoms with Gasteiger partial charge in [-0.1, -0.05) is 19.1 Å². The molecule has 2 atom stereocenters. The molecule has 0 saturated heterocycles. The number of nitrogens with zero attached hydrogens (tertiary/aromatic N) is 1. The van der Waals surface area contributed by atoms with Crippen molar-refractivity contribution in [2.75, 3.05) is 20.1 Å². The third kappa shape index (κ3) is 5.42. The first-order valence-corrected chi connectivity index (χ1v) is 6.08. The largest absolute Gasteiger partial charge is 0.393 e. The summed E-state index contributed by atoms with van der Waals surface area (Å²) in [6.07, 6.45) is 1.10. The second kappa shape index (κ2) is 7.57. The fourth-order valence-corrected chi connectivity index (χ4v) is 1.28. The number of nitrogens with two attached hydrogens (primary N) is 1. The molecule has 0 spiro atoms. The number of likely N-dealkylation sites (N-methyl/N-ethyl adjacent to an activating group) is 1. The fraction of sp³-hybridized carbons (Fsp3) is 0.818. The van der Waals surface area contributed by atoms with Gasteiger partial charge >= 0.3 is 0 Å². The number of carbonyl (C=O) groups is 1. The summed E-state index contributed by atoms with van der Waals surface area (Å²) < 4.78 is 0. The predicted molar refractivity (Wildman–Crippen MR) is 71.3 cm³/mol. The van der Waals surface area contributed by atoms with Gasteiger partial charge in [0.05, 0.1) is 10.9 Å². The van der Waals surface area contributed by atoms with Gasteiger partial charge in [-0.15, -0.1) is 0 Å². The van der Waals surface area contributed by atoms with Crippen LogP contribution in [0.4, 0.5) is 0 Å². The van der Waals surface area contributed by atoms with E-state index >= 15 is 0 Å². The molecule has 0 aromatic heterocycles. The van der Waals surface area contributed by atoms with Gasteiger partial charge in [-0.25, -0.2) is 0 Å². The Hall–Kier alpha value is -0.680. The average molecular weight is 245 g/mol. The second-order valence-electron chi connectivity index (χ2n) is 4.15. The molecule has 0 fully saturated rings. The number of thiocarbonyl (C=S) groups is 1. The maximum absolute atomic E-state index is 11.5. The van der Waals surface area contributed by atoms with Gasteiger partial charge in [0.15, 0.2) is 0 Å². The summed E-state index contributed by atoms with van der Waals surface area (Å²) in [4.78, 5) is 14.0. The highest BCUT2D eigenvalue weighted by molar-refractivity contribution is 7.80. The van der Waals surface area contributed by atoms with E-state index in [0.717, 1.165) is 13.0 Å². The monoisotopic (exact) mass is 245 g/mol. The molecule has 0 aromatic carbocycles. The minimum atomic E-state index is -0.385. The van der Waals surface area contributed by atoms with Gasteiger partial charge in [-0.05, 0) is 27.3 Å². The van der Waals surface area contributed by atoms with Crippen molar-refractivity contribution >= 4 is 23.1 Å². The summed E-state index contributed by atoms with van der Waals surface area (Å²) in [5, 5.41) is 2.83. The summed E-state index contributed by atoms with van der Waals surface area (Å²) in [7, 11) is 2.05. The molecule has 16 heavy (non-hydrogen) atoms. The van der Waals surface area contributed by atoms with E-state index < -0.39 is 0 Å². The van der Waals surface area contributed by atoms with Crippen LogP contribution in [0.1, 0.15) is 27.2 Å². The molecule has 3 N–H and O–H groups in total. The third-order valence-corrected chi connectivity index (χ3v) is 3.28. The lowest BCUT2D eigenvalue weighted by Crippen LogP contribution is -2.41. The maximum Gasteiger partial charge on any atom is 0.229 e. The first-order valence-electron chi connectivity index (χ1n) is 5.67. The Balaban J connectivity index is 3.82. The lowest BCUT2D eigenvalue weighted by Gasteiger charge is -2.23. The molecular formula is C11H23N3OS. The van der Waals surface area contributed by atoms with Crippen LogP contribution in [-0.4, -0.2) is 42.0 Å². The molecular weight excluding hydrogens is 222 g/mol. The zero-order valence-electron chi connectivity index (χ0n) is 10.6. The van der Waals surface area contributed by atoms with Crippen LogP contribution >= 0.6 is 12.2 Å². The van der Waals surface area contributed by atoms with Crippen molar-refractivity contribution in [1.29, 1.82) is 0 Å². The van der Waals surface area contributed by atoms with Crippen LogP contribution in [0.2, 0.25) is 0 Å². The predicted octanol–water partition coefficient (Wildman–Crippen LogP) is 0.755. The number of nitrogens with one attached hydrogen (secondary N) is 1. The highest BCUT2D eigenvalue weighted by Crippen LogP contribution is 1.99. The summed E-state index contributed by atoms with van der Waals surface area (Å²) in [5.74, 6) is -0.478. The minimum Gasteiger partial charge on any atom is -0.393 e. The van der Waals surface area contributed by atoms with Gasteiger partial charge in [-0.3, -0.25) is 4.79 Å². The van der Waals surface area contributed by atoms with Crippen molar-refractivity contribution in [3.8, 4) is 0 Å². The van der Waals surface area contributed by atoms with Gasteiger partial charge in [0.2, 0.25) is 5.91 Å². The Morgan fingerprint density at radius 1 is 1.50 bits per heavy atom. The third-order valence-electron chi connectivity index (χ3n) is 2.93. The summed E-state index contributed by atoms with van der Waals surface area (Å²) in [6.45, 7) is 7.50. The van der Waals surface area contributed by atoms with Crippen LogP contribution in [0.3, 0.4) is 0 Å². The van der Waals surface area contributed by atoms with E-state index in [-0.39, 0.29) is 16.8 Å². The number of rotatable bonds is 7. The number of hydrogen-bond acceptors (Lipinski definition) is 3. The van der Waals surface area contributed by atoms with Crippen molar-refractivity contribution in [2.45, 2.75) is 33.2 Å². The Labute approximate surface area is 104 Å². The Morgan fingerprint density at radius 3 is 2.50 bits per heavy atom. The standard InChI is InChI=1S/C11H23N3OS/c1-5-8(2)14(4)7-6-13-11(15)9(3)10(12)16/h8-9H,5-7H2,1-4H3,(H2,12,16)(H,13,15). The molecule has 0 bridgehead atoms. The number of carbonyl (C=O) groups excluding carboxylic acids is 1. The van der Waals surface area contributed by atoms with Crippen molar-refractivity contribution < 1.29 is 4.79 Å². The first-order chi connectivity index (χ1) is 7.40. The molecule has 0 aromatic rings. The zero-order valence-corrected chi connectivity index (χ0v) is 11.4. The van der Waals surface area contributed by atoms with Crippen LogP contribution in [0, 0.1) is 5.92 Å². The van der Waals surface area contributed by atoms with Crippen LogP contribution < -0.4 is 11.1 Å². The highest BCUT2D eigenvalue weighted by atomic mass is 32.1. The lowest BCUT2D eigenvalue weighted by atomic mass is 10.1. The van der Waals surface area contributed by atoms with E-state index in [1.165, 1.54) is 0 Å². The molecule has 0 aliphatic carbocycles. The van der Waals surface area contributed by atoms with E-state index in [1.807, 2.05) is 0 Å². The van der Waals surface area contributed by atoms with Crippen molar-refractivity contribution in [3.05, 3.63) is 0 Å². The molecule has 2 unspecified atom stereocenters. The molecule has 0 heterocycles. The number of hydrogen-bond donors (Lipinski definition) is 2. The van der Waals surface area contributed by atoms with Gasteiger partial charge in [-0.2, -0.15) is 0 Å². The van der Waals surface area contributed by atoms with Crippen LogP contribution in [0.5, 0.6) is 0 Å². The summed E-state index contributed by atoms with van der Waals surface area (Å²) in [6, 6.07) is 0.532. The van der Waals surface area contributed by atoms with E-state index in [4.69, 9.17) is 18.0 Å². The summed E-state index contributed by atoms with van der Waals surface area (Å²) in [5.41, 5.74) is 5.40. The normalized spacial score (nSPS) is 14.6. The Kier molecular flexibility index (Phi) is 7.25.